The smallest absolute Gasteiger partial charge is 0.450 e. The van der Waals surface area contributed by atoms with Crippen molar-refractivity contribution < 1.29 is 19.4 Å². The van der Waals surface area contributed by atoms with Gasteiger partial charge in [0.25, 0.3) is 0 Å². The van der Waals surface area contributed by atoms with E-state index in [9.17, 15) is 4.79 Å². The number of rotatable bonds is 6. The normalized spacial score (nSPS) is 12.5. The van der Waals surface area contributed by atoms with Crippen LogP contribution in [0.15, 0.2) is 0 Å². The Labute approximate surface area is 72.5 Å². The molecule has 12 heavy (non-hydrogen) atoms. The molecule has 0 spiro atoms. The number of carbonyl (C=O) groups is 1. The third-order valence-corrected chi connectivity index (χ3v) is 1.61. The minimum absolute atomic E-state index is 0.120. The highest BCUT2D eigenvalue weighted by molar-refractivity contribution is 5.56. The van der Waals surface area contributed by atoms with Crippen molar-refractivity contribution >= 4 is 6.16 Å². The zero-order valence-corrected chi connectivity index (χ0v) is 7.58. The molecule has 0 bridgehead atoms. The van der Waals surface area contributed by atoms with Crippen molar-refractivity contribution in [2.45, 2.75) is 32.3 Å². The fraction of sp³-hybridized carbons (Fsp3) is 0.875. The van der Waals surface area contributed by atoms with E-state index >= 15 is 0 Å². The molecule has 1 atom stereocenters. The summed E-state index contributed by atoms with van der Waals surface area (Å²) in [5.41, 5.74) is 0. The lowest BCUT2D eigenvalue weighted by Gasteiger charge is -2.12. The Kier molecular flexibility index (Phi) is 6.47. The van der Waals surface area contributed by atoms with Crippen LogP contribution < -0.4 is 0 Å². The molecule has 4 heteroatoms. The molecule has 0 saturated carbocycles. The van der Waals surface area contributed by atoms with Crippen LogP contribution in [0.3, 0.4) is 0 Å². The SMILES string of the molecule is CCCC(CCOC(=O)O)OC. The van der Waals surface area contributed by atoms with Gasteiger partial charge in [-0.05, 0) is 6.42 Å². The van der Waals surface area contributed by atoms with E-state index in [0.29, 0.717) is 6.42 Å². The summed E-state index contributed by atoms with van der Waals surface area (Å²) in [7, 11) is 1.63. The summed E-state index contributed by atoms with van der Waals surface area (Å²) < 4.78 is 9.46. The topological polar surface area (TPSA) is 55.8 Å². The standard InChI is InChI=1S/C8H16O4/c1-3-4-7(11-2)5-6-12-8(9)10/h7H,3-6H2,1-2H3,(H,9,10). The van der Waals surface area contributed by atoms with Crippen LogP contribution in [0.1, 0.15) is 26.2 Å². The van der Waals surface area contributed by atoms with Gasteiger partial charge in [-0.3, -0.25) is 0 Å². The highest BCUT2D eigenvalue weighted by Crippen LogP contribution is 2.05. The Morgan fingerprint density at radius 1 is 1.50 bits per heavy atom. The van der Waals surface area contributed by atoms with Gasteiger partial charge in [-0.2, -0.15) is 0 Å². The minimum atomic E-state index is -1.22. The average molecular weight is 176 g/mol. The van der Waals surface area contributed by atoms with Gasteiger partial charge in [0.2, 0.25) is 0 Å². The van der Waals surface area contributed by atoms with Crippen LogP contribution >= 0.6 is 0 Å². The summed E-state index contributed by atoms with van der Waals surface area (Å²) in [6.45, 7) is 2.28. The molecular formula is C8H16O4. The maximum Gasteiger partial charge on any atom is 0.505 e. The maximum absolute atomic E-state index is 9.96. The molecule has 0 aromatic heterocycles. The van der Waals surface area contributed by atoms with E-state index in [1.54, 1.807) is 7.11 Å². The maximum atomic E-state index is 9.96. The lowest BCUT2D eigenvalue weighted by molar-refractivity contribution is 0.0476. The second-order valence-corrected chi connectivity index (χ2v) is 2.55. The van der Waals surface area contributed by atoms with Crippen molar-refractivity contribution in [1.29, 1.82) is 0 Å². The van der Waals surface area contributed by atoms with E-state index in [0.717, 1.165) is 12.8 Å². The predicted octanol–water partition coefficient (Wildman–Crippen LogP) is 1.89. The Hall–Kier alpha value is -0.770. The number of ether oxygens (including phenoxy) is 2. The summed E-state index contributed by atoms with van der Waals surface area (Å²) in [4.78, 5) is 9.96. The van der Waals surface area contributed by atoms with Gasteiger partial charge in [0.1, 0.15) is 0 Å². The summed E-state index contributed by atoms with van der Waals surface area (Å²) in [5.74, 6) is 0. The molecule has 4 nitrogen and oxygen atoms in total. The zero-order chi connectivity index (χ0) is 9.40. The third kappa shape index (κ3) is 5.97. The zero-order valence-electron chi connectivity index (χ0n) is 7.58. The number of carboxylic acid groups (broad SMARTS) is 1. The monoisotopic (exact) mass is 176 g/mol. The summed E-state index contributed by atoms with van der Waals surface area (Å²) in [5, 5.41) is 8.17. The number of hydrogen-bond acceptors (Lipinski definition) is 3. The van der Waals surface area contributed by atoms with E-state index < -0.39 is 6.16 Å². The van der Waals surface area contributed by atoms with Crippen LogP contribution in [0.25, 0.3) is 0 Å². The molecule has 1 unspecified atom stereocenters. The molecule has 0 aliphatic carbocycles. The fourth-order valence-corrected chi connectivity index (χ4v) is 0.980. The summed E-state index contributed by atoms with van der Waals surface area (Å²) in [6, 6.07) is 0. The van der Waals surface area contributed by atoms with E-state index in [-0.39, 0.29) is 12.7 Å². The van der Waals surface area contributed by atoms with Gasteiger partial charge in [-0.15, -0.1) is 0 Å². The van der Waals surface area contributed by atoms with Crippen LogP contribution in [-0.2, 0) is 9.47 Å². The van der Waals surface area contributed by atoms with Crippen molar-refractivity contribution in [3.63, 3.8) is 0 Å². The first-order chi connectivity index (χ1) is 5.70. The quantitative estimate of drug-likeness (QED) is 0.628. The molecule has 1 N–H and O–H groups in total. The molecule has 0 aliphatic heterocycles. The van der Waals surface area contributed by atoms with Crippen LogP contribution in [0, 0.1) is 0 Å². The summed E-state index contributed by atoms with van der Waals surface area (Å²) in [6.07, 6.45) is 1.51. The van der Waals surface area contributed by atoms with Gasteiger partial charge in [-0.25, -0.2) is 4.79 Å². The molecule has 0 aromatic rings. The molecule has 72 valence electrons. The van der Waals surface area contributed by atoms with Gasteiger partial charge in [0, 0.05) is 13.5 Å². The summed E-state index contributed by atoms with van der Waals surface area (Å²) >= 11 is 0. The van der Waals surface area contributed by atoms with Crippen molar-refractivity contribution in [2.75, 3.05) is 13.7 Å². The lowest BCUT2D eigenvalue weighted by Crippen LogP contribution is -2.14. The highest BCUT2D eigenvalue weighted by atomic mass is 16.7. The van der Waals surface area contributed by atoms with Crippen LogP contribution in [-0.4, -0.2) is 31.1 Å². The minimum Gasteiger partial charge on any atom is -0.450 e. The second kappa shape index (κ2) is 6.91. The first-order valence-corrected chi connectivity index (χ1v) is 4.09. The molecule has 0 amide bonds. The predicted molar refractivity (Wildman–Crippen MR) is 44.3 cm³/mol. The van der Waals surface area contributed by atoms with Crippen molar-refractivity contribution in [2.24, 2.45) is 0 Å². The van der Waals surface area contributed by atoms with E-state index in [4.69, 9.17) is 9.84 Å². The lowest BCUT2D eigenvalue weighted by atomic mass is 10.1. The molecule has 0 radical (unpaired) electrons. The number of methoxy groups -OCH3 is 1. The first kappa shape index (κ1) is 11.2. The second-order valence-electron chi connectivity index (χ2n) is 2.55. The Balaban J connectivity index is 3.37. The van der Waals surface area contributed by atoms with Gasteiger partial charge < -0.3 is 14.6 Å². The van der Waals surface area contributed by atoms with Gasteiger partial charge in [0.05, 0.1) is 12.7 Å². The first-order valence-electron chi connectivity index (χ1n) is 4.09. The average Bonchev–Trinajstić information content (AvgIpc) is 2.02. The molecule has 0 fully saturated rings. The Morgan fingerprint density at radius 3 is 2.58 bits per heavy atom. The van der Waals surface area contributed by atoms with E-state index in [2.05, 4.69) is 11.7 Å². The van der Waals surface area contributed by atoms with Crippen molar-refractivity contribution in [3.05, 3.63) is 0 Å². The molecule has 0 rings (SSSR count). The molecule has 0 aromatic carbocycles. The molecule has 0 heterocycles. The van der Waals surface area contributed by atoms with Crippen molar-refractivity contribution in [1.82, 2.24) is 0 Å². The van der Waals surface area contributed by atoms with Crippen LogP contribution in [0.2, 0.25) is 0 Å². The molecular weight excluding hydrogens is 160 g/mol. The molecule has 0 aliphatic rings. The van der Waals surface area contributed by atoms with Crippen LogP contribution in [0.4, 0.5) is 4.79 Å². The highest BCUT2D eigenvalue weighted by Gasteiger charge is 2.06. The number of hydrogen-bond donors (Lipinski definition) is 1. The van der Waals surface area contributed by atoms with E-state index in [1.165, 1.54) is 0 Å². The largest absolute Gasteiger partial charge is 0.505 e. The third-order valence-electron chi connectivity index (χ3n) is 1.61. The van der Waals surface area contributed by atoms with Gasteiger partial charge in [0.15, 0.2) is 0 Å². The molecule has 0 saturated heterocycles. The Bertz CT molecular complexity index is 124. The van der Waals surface area contributed by atoms with Gasteiger partial charge in [-0.1, -0.05) is 13.3 Å². The van der Waals surface area contributed by atoms with E-state index in [1.807, 2.05) is 0 Å². The van der Waals surface area contributed by atoms with Crippen molar-refractivity contribution in [3.8, 4) is 0 Å². The Morgan fingerprint density at radius 2 is 2.17 bits per heavy atom. The van der Waals surface area contributed by atoms with Crippen LogP contribution in [0.5, 0.6) is 0 Å². The van der Waals surface area contributed by atoms with Gasteiger partial charge >= 0.3 is 6.16 Å². The fourth-order valence-electron chi connectivity index (χ4n) is 0.980.